The van der Waals surface area contributed by atoms with E-state index >= 15 is 0 Å². The van der Waals surface area contributed by atoms with Crippen molar-refractivity contribution < 1.29 is 4.79 Å². The molecular weight excluding hydrogens is 380 g/mol. The number of carbonyl (C=O) groups is 1. The summed E-state index contributed by atoms with van der Waals surface area (Å²) in [6.07, 6.45) is 0. The minimum atomic E-state index is -0.276. The van der Waals surface area contributed by atoms with Gasteiger partial charge in [-0.2, -0.15) is 0 Å². The predicted molar refractivity (Wildman–Crippen MR) is 112 cm³/mol. The van der Waals surface area contributed by atoms with Gasteiger partial charge in [0, 0.05) is 21.4 Å². The summed E-state index contributed by atoms with van der Waals surface area (Å²) in [5.74, 6) is 0.509. The third-order valence-corrected chi connectivity index (χ3v) is 5.99. The van der Waals surface area contributed by atoms with Gasteiger partial charge in [0.15, 0.2) is 0 Å². The van der Waals surface area contributed by atoms with Crippen molar-refractivity contribution in [3.05, 3.63) is 39.1 Å². The number of hydrogen-bond donors (Lipinski definition) is 2. The van der Waals surface area contributed by atoms with Gasteiger partial charge in [-0.25, -0.2) is 4.98 Å². The van der Waals surface area contributed by atoms with Crippen molar-refractivity contribution in [3.63, 3.8) is 0 Å². The summed E-state index contributed by atoms with van der Waals surface area (Å²) in [5, 5.41) is 7.55. The summed E-state index contributed by atoms with van der Waals surface area (Å²) in [6.45, 7) is 8.00. The molecule has 0 spiro atoms. The molecule has 0 fully saturated rings. The van der Waals surface area contributed by atoms with E-state index < -0.39 is 0 Å². The lowest BCUT2D eigenvalue weighted by Gasteiger charge is -2.26. The zero-order valence-corrected chi connectivity index (χ0v) is 17.8. The lowest BCUT2D eigenvalue weighted by atomic mass is 10.1. The Morgan fingerprint density at radius 2 is 2.11 bits per heavy atom. The number of fused-ring (bicyclic) bond motifs is 1. The van der Waals surface area contributed by atoms with Crippen molar-refractivity contribution in [1.82, 2.24) is 20.2 Å². The van der Waals surface area contributed by atoms with E-state index in [1.807, 2.05) is 62.5 Å². The Labute approximate surface area is 166 Å². The molecule has 0 unspecified atom stereocenters. The maximum Gasteiger partial charge on any atom is 0.260 e. The van der Waals surface area contributed by atoms with Crippen LogP contribution in [0.1, 0.15) is 39.6 Å². The van der Waals surface area contributed by atoms with Crippen molar-refractivity contribution in [2.24, 2.45) is 0 Å². The molecule has 0 bridgehead atoms. The Kier molecular flexibility index (Phi) is 5.50. The Hall–Kier alpha value is -2.03. The van der Waals surface area contributed by atoms with E-state index in [9.17, 15) is 9.59 Å². The van der Waals surface area contributed by atoms with Gasteiger partial charge >= 0.3 is 0 Å². The van der Waals surface area contributed by atoms with Gasteiger partial charge in [0.25, 0.3) is 5.56 Å². The number of aromatic nitrogens is 2. The van der Waals surface area contributed by atoms with E-state index in [4.69, 9.17) is 0 Å². The Morgan fingerprint density at radius 1 is 1.37 bits per heavy atom. The first kappa shape index (κ1) is 19.7. The zero-order chi connectivity index (χ0) is 19.8. The van der Waals surface area contributed by atoms with Crippen LogP contribution in [-0.4, -0.2) is 39.9 Å². The summed E-state index contributed by atoms with van der Waals surface area (Å²) in [4.78, 5) is 36.1. The number of aromatic amines is 1. The molecule has 0 saturated heterocycles. The minimum Gasteiger partial charge on any atom is -0.350 e. The van der Waals surface area contributed by atoms with E-state index in [2.05, 4.69) is 15.3 Å². The molecular formula is C19H24N4O2S2. The molecule has 3 aromatic rings. The molecule has 3 heterocycles. The highest BCUT2D eigenvalue weighted by Gasteiger charge is 2.21. The van der Waals surface area contributed by atoms with Crippen LogP contribution < -0.4 is 10.9 Å². The predicted octanol–water partition coefficient (Wildman–Crippen LogP) is 3.62. The van der Waals surface area contributed by atoms with E-state index in [1.165, 1.54) is 11.3 Å². The van der Waals surface area contributed by atoms with Gasteiger partial charge in [0.05, 0.1) is 18.0 Å². The van der Waals surface area contributed by atoms with Crippen LogP contribution >= 0.6 is 22.7 Å². The Balaban J connectivity index is 1.85. The van der Waals surface area contributed by atoms with Gasteiger partial charge in [0.1, 0.15) is 10.7 Å². The lowest BCUT2D eigenvalue weighted by molar-refractivity contribution is -0.123. The average molecular weight is 405 g/mol. The smallest absolute Gasteiger partial charge is 0.260 e. The lowest BCUT2D eigenvalue weighted by Crippen LogP contribution is -2.45. The molecule has 0 aliphatic carbocycles. The second-order valence-corrected chi connectivity index (χ2v) is 9.45. The quantitative estimate of drug-likeness (QED) is 0.681. The van der Waals surface area contributed by atoms with Crippen LogP contribution in [-0.2, 0) is 4.79 Å². The maximum absolute atomic E-state index is 12.7. The molecule has 3 rings (SSSR count). The minimum absolute atomic E-state index is 0.0589. The Bertz CT molecular complexity index is 999. The number of nitrogens with one attached hydrogen (secondary N) is 2. The fraction of sp³-hybridized carbons (Fsp3) is 0.421. The second-order valence-electron chi connectivity index (χ2n) is 7.65. The van der Waals surface area contributed by atoms with E-state index in [-0.39, 0.29) is 29.6 Å². The number of likely N-dealkylation sites (N-methyl/N-ethyl adjacent to an activating group) is 1. The molecule has 2 N–H and O–H groups in total. The molecule has 0 saturated carbocycles. The zero-order valence-electron chi connectivity index (χ0n) is 16.1. The first-order chi connectivity index (χ1) is 12.7. The van der Waals surface area contributed by atoms with Crippen molar-refractivity contribution in [2.75, 3.05) is 13.6 Å². The maximum atomic E-state index is 12.7. The number of amides is 1. The second kappa shape index (κ2) is 7.53. The van der Waals surface area contributed by atoms with Crippen molar-refractivity contribution in [2.45, 2.75) is 39.3 Å². The molecule has 8 heteroatoms. The largest absolute Gasteiger partial charge is 0.350 e. The van der Waals surface area contributed by atoms with Crippen molar-refractivity contribution >= 4 is 38.8 Å². The SMILES string of the molecule is C[C@@H](c1nc2scc(-c3cccs3)c2c(=O)[nH]1)N(C)CC(=O)NC(C)(C)C. The molecule has 0 aliphatic rings. The number of nitrogens with zero attached hydrogens (tertiary/aromatic N) is 2. The first-order valence-electron chi connectivity index (χ1n) is 8.72. The average Bonchev–Trinajstić information content (AvgIpc) is 3.20. The number of carbonyl (C=O) groups excluding carboxylic acids is 1. The van der Waals surface area contributed by atoms with Gasteiger partial charge < -0.3 is 10.3 Å². The summed E-state index contributed by atoms with van der Waals surface area (Å²) in [5.41, 5.74) is 0.511. The molecule has 0 aliphatic heterocycles. The topological polar surface area (TPSA) is 78.1 Å². The van der Waals surface area contributed by atoms with Gasteiger partial charge in [0.2, 0.25) is 5.91 Å². The van der Waals surface area contributed by atoms with E-state index in [0.717, 1.165) is 15.3 Å². The van der Waals surface area contributed by atoms with Gasteiger partial charge in [-0.15, -0.1) is 22.7 Å². The highest BCUT2D eigenvalue weighted by molar-refractivity contribution is 7.18. The number of thiophene rings is 2. The fourth-order valence-electron chi connectivity index (χ4n) is 2.81. The van der Waals surface area contributed by atoms with Crippen LogP contribution in [0.2, 0.25) is 0 Å². The molecule has 1 atom stereocenters. The summed E-state index contributed by atoms with van der Waals surface area (Å²) in [7, 11) is 1.85. The number of H-pyrrole nitrogens is 1. The molecule has 0 radical (unpaired) electrons. The molecule has 1 amide bonds. The summed E-state index contributed by atoms with van der Waals surface area (Å²) in [6, 6.07) is 3.78. The molecule has 0 aromatic carbocycles. The van der Waals surface area contributed by atoms with Crippen LogP contribution in [0, 0.1) is 0 Å². The highest BCUT2D eigenvalue weighted by atomic mass is 32.1. The van der Waals surface area contributed by atoms with E-state index in [1.54, 1.807) is 11.3 Å². The van der Waals surface area contributed by atoms with Crippen LogP contribution in [0.3, 0.4) is 0 Å². The van der Waals surface area contributed by atoms with Crippen LogP contribution in [0.15, 0.2) is 27.7 Å². The highest BCUT2D eigenvalue weighted by Crippen LogP contribution is 2.33. The normalized spacial score (nSPS) is 13.3. The third kappa shape index (κ3) is 4.45. The molecule has 144 valence electrons. The summed E-state index contributed by atoms with van der Waals surface area (Å²) >= 11 is 3.07. The van der Waals surface area contributed by atoms with E-state index in [0.29, 0.717) is 11.2 Å². The van der Waals surface area contributed by atoms with Gasteiger partial charge in [-0.1, -0.05) is 6.07 Å². The van der Waals surface area contributed by atoms with Crippen molar-refractivity contribution in [1.29, 1.82) is 0 Å². The first-order valence-corrected chi connectivity index (χ1v) is 10.5. The monoisotopic (exact) mass is 404 g/mol. The molecule has 6 nitrogen and oxygen atoms in total. The van der Waals surface area contributed by atoms with Crippen molar-refractivity contribution in [3.8, 4) is 10.4 Å². The Morgan fingerprint density at radius 3 is 2.74 bits per heavy atom. The van der Waals surface area contributed by atoms with Crippen LogP contribution in [0.25, 0.3) is 20.7 Å². The summed E-state index contributed by atoms with van der Waals surface area (Å²) < 4.78 is 0. The number of hydrogen-bond acceptors (Lipinski definition) is 6. The fourth-order valence-corrected chi connectivity index (χ4v) is 4.58. The molecule has 27 heavy (non-hydrogen) atoms. The van der Waals surface area contributed by atoms with Gasteiger partial charge in [-0.3, -0.25) is 14.5 Å². The van der Waals surface area contributed by atoms with Crippen LogP contribution in [0.4, 0.5) is 0 Å². The van der Waals surface area contributed by atoms with Crippen LogP contribution in [0.5, 0.6) is 0 Å². The van der Waals surface area contributed by atoms with Gasteiger partial charge in [-0.05, 0) is 46.2 Å². The third-order valence-electron chi connectivity index (χ3n) is 4.21. The number of rotatable bonds is 5. The standard InChI is InChI=1S/C19H24N4O2S2/c1-11(23(5)9-14(24)22-19(2,3)4)16-20-17(25)15-12(10-27-18(15)21-16)13-7-6-8-26-13/h6-8,10-11H,9H2,1-5H3,(H,22,24)(H,20,21,25)/t11-/m0/s1. The molecule has 3 aromatic heterocycles.